The van der Waals surface area contributed by atoms with Gasteiger partial charge in [0.15, 0.2) is 0 Å². The van der Waals surface area contributed by atoms with E-state index in [0.29, 0.717) is 5.41 Å². The van der Waals surface area contributed by atoms with Gasteiger partial charge in [0.05, 0.1) is 17.1 Å². The second kappa shape index (κ2) is 3.46. The first kappa shape index (κ1) is 10.8. The second-order valence-corrected chi connectivity index (χ2v) is 6.92. The highest BCUT2D eigenvalue weighted by Gasteiger charge is 2.53. The Labute approximate surface area is 108 Å². The zero-order valence-corrected chi connectivity index (χ0v) is 11.0. The van der Waals surface area contributed by atoms with Crippen molar-refractivity contribution >= 4 is 5.69 Å². The Morgan fingerprint density at radius 2 is 1.61 bits per heavy atom. The van der Waals surface area contributed by atoms with Crippen LogP contribution >= 0.6 is 0 Å². The van der Waals surface area contributed by atoms with Gasteiger partial charge in [0.1, 0.15) is 6.33 Å². The number of aryl methyl sites for hydroxylation is 1. The maximum Gasteiger partial charge on any atom is 0.116 e. The number of anilines is 1. The normalized spacial score (nSPS) is 41.3. The third-order valence-electron chi connectivity index (χ3n) is 5.62. The molecular formula is C15H21N3. The first-order chi connectivity index (χ1) is 8.66. The largest absolute Gasteiger partial charge is 0.396 e. The molecule has 0 saturated heterocycles. The highest BCUT2D eigenvalue weighted by Crippen LogP contribution is 2.61. The third kappa shape index (κ3) is 1.36. The summed E-state index contributed by atoms with van der Waals surface area (Å²) in [7, 11) is 0. The molecule has 2 N–H and O–H groups in total. The summed E-state index contributed by atoms with van der Waals surface area (Å²) in [5.41, 5.74) is 9.57. The Morgan fingerprint density at radius 1 is 1.06 bits per heavy atom. The Hall–Kier alpha value is -1.12. The number of nitrogens with zero attached hydrogens (tertiary/aromatic N) is 2. The lowest BCUT2D eigenvalue weighted by atomic mass is 9.48. The standard InChI is InChI=1S/C15H21N3/c1-9-13(16)14(18-8-17-9)15-5-10-2-11(6-15)4-12(3-10)7-15/h8,10-12H,2-7,16H2,1H3. The number of rotatable bonds is 1. The van der Waals surface area contributed by atoms with Crippen molar-refractivity contribution in [3.05, 3.63) is 17.7 Å². The quantitative estimate of drug-likeness (QED) is 0.825. The van der Waals surface area contributed by atoms with Crippen molar-refractivity contribution in [3.8, 4) is 0 Å². The molecule has 4 fully saturated rings. The Morgan fingerprint density at radius 3 is 2.17 bits per heavy atom. The van der Waals surface area contributed by atoms with Gasteiger partial charge in [-0.2, -0.15) is 0 Å². The lowest BCUT2D eigenvalue weighted by Crippen LogP contribution is -2.49. The predicted octanol–water partition coefficient (Wildman–Crippen LogP) is 2.84. The molecule has 18 heavy (non-hydrogen) atoms. The minimum atomic E-state index is 0.298. The number of nitrogen functional groups attached to an aromatic ring is 1. The van der Waals surface area contributed by atoms with Gasteiger partial charge in [-0.05, 0) is 63.2 Å². The van der Waals surface area contributed by atoms with E-state index < -0.39 is 0 Å². The fourth-order valence-electron chi connectivity index (χ4n) is 5.31. The summed E-state index contributed by atoms with van der Waals surface area (Å²) in [5.74, 6) is 2.81. The van der Waals surface area contributed by atoms with Gasteiger partial charge in [-0.15, -0.1) is 0 Å². The Kier molecular flexibility index (Phi) is 2.07. The van der Waals surface area contributed by atoms with E-state index in [1.54, 1.807) is 6.33 Å². The second-order valence-electron chi connectivity index (χ2n) is 6.92. The molecule has 1 aromatic heterocycles. The molecular weight excluding hydrogens is 222 g/mol. The molecule has 96 valence electrons. The van der Waals surface area contributed by atoms with Crippen LogP contribution in [0.1, 0.15) is 49.9 Å². The summed E-state index contributed by atoms with van der Waals surface area (Å²) in [6.45, 7) is 2.00. The molecule has 1 aromatic rings. The van der Waals surface area contributed by atoms with Gasteiger partial charge in [0.2, 0.25) is 0 Å². The van der Waals surface area contributed by atoms with Crippen LogP contribution in [-0.2, 0) is 5.41 Å². The topological polar surface area (TPSA) is 51.8 Å². The number of nitrogens with two attached hydrogens (primary N) is 1. The van der Waals surface area contributed by atoms with Crippen molar-refractivity contribution in [3.63, 3.8) is 0 Å². The van der Waals surface area contributed by atoms with Crippen LogP contribution in [0.15, 0.2) is 6.33 Å². The summed E-state index contributed by atoms with van der Waals surface area (Å²) >= 11 is 0. The third-order valence-corrected chi connectivity index (χ3v) is 5.62. The van der Waals surface area contributed by atoms with Gasteiger partial charge in [0.25, 0.3) is 0 Å². The van der Waals surface area contributed by atoms with Crippen LogP contribution in [-0.4, -0.2) is 9.97 Å². The fourth-order valence-corrected chi connectivity index (χ4v) is 5.31. The summed E-state index contributed by atoms with van der Waals surface area (Å²) in [5, 5.41) is 0. The molecule has 4 saturated carbocycles. The fraction of sp³-hybridized carbons (Fsp3) is 0.733. The van der Waals surface area contributed by atoms with Gasteiger partial charge in [0, 0.05) is 5.41 Å². The molecule has 1 heterocycles. The van der Waals surface area contributed by atoms with Gasteiger partial charge in [-0.3, -0.25) is 0 Å². The molecule has 0 radical (unpaired) electrons. The maximum absolute atomic E-state index is 6.28. The highest BCUT2D eigenvalue weighted by atomic mass is 14.9. The molecule has 3 nitrogen and oxygen atoms in total. The Balaban J connectivity index is 1.81. The van der Waals surface area contributed by atoms with Crippen LogP contribution in [0.4, 0.5) is 5.69 Å². The van der Waals surface area contributed by atoms with Gasteiger partial charge in [-0.25, -0.2) is 9.97 Å². The van der Waals surface area contributed by atoms with Crippen molar-refractivity contribution in [2.24, 2.45) is 17.8 Å². The molecule has 0 aliphatic heterocycles. The Bertz CT molecular complexity index is 459. The summed E-state index contributed by atoms with van der Waals surface area (Å²) in [6.07, 6.45) is 10.0. The van der Waals surface area contributed by atoms with E-state index >= 15 is 0 Å². The zero-order chi connectivity index (χ0) is 12.3. The van der Waals surface area contributed by atoms with Crippen LogP contribution in [0.5, 0.6) is 0 Å². The molecule has 4 aliphatic rings. The summed E-state index contributed by atoms with van der Waals surface area (Å²) in [6, 6.07) is 0. The maximum atomic E-state index is 6.28. The van der Waals surface area contributed by atoms with E-state index in [1.165, 1.54) is 44.2 Å². The van der Waals surface area contributed by atoms with E-state index in [0.717, 1.165) is 29.1 Å². The van der Waals surface area contributed by atoms with Gasteiger partial charge < -0.3 is 5.73 Å². The first-order valence-corrected chi connectivity index (χ1v) is 7.24. The smallest absolute Gasteiger partial charge is 0.116 e. The molecule has 0 amide bonds. The molecule has 0 atom stereocenters. The van der Waals surface area contributed by atoms with Crippen LogP contribution in [0.3, 0.4) is 0 Å². The van der Waals surface area contributed by atoms with Crippen LogP contribution in [0.2, 0.25) is 0 Å². The van der Waals surface area contributed by atoms with Crippen LogP contribution < -0.4 is 5.73 Å². The molecule has 5 rings (SSSR count). The SMILES string of the molecule is Cc1ncnc(C23CC4CC(CC(C4)C2)C3)c1N. The minimum absolute atomic E-state index is 0.298. The first-order valence-electron chi connectivity index (χ1n) is 7.24. The molecule has 0 aromatic carbocycles. The predicted molar refractivity (Wildman–Crippen MR) is 71.0 cm³/mol. The van der Waals surface area contributed by atoms with Crippen molar-refractivity contribution in [1.29, 1.82) is 0 Å². The average molecular weight is 243 g/mol. The van der Waals surface area contributed by atoms with Crippen molar-refractivity contribution < 1.29 is 0 Å². The van der Waals surface area contributed by atoms with Crippen molar-refractivity contribution in [1.82, 2.24) is 9.97 Å². The average Bonchev–Trinajstić information content (AvgIpc) is 2.30. The van der Waals surface area contributed by atoms with Gasteiger partial charge in [-0.1, -0.05) is 0 Å². The van der Waals surface area contributed by atoms with E-state index in [-0.39, 0.29) is 0 Å². The van der Waals surface area contributed by atoms with Gasteiger partial charge >= 0.3 is 0 Å². The van der Waals surface area contributed by atoms with Crippen molar-refractivity contribution in [2.45, 2.75) is 50.9 Å². The van der Waals surface area contributed by atoms with E-state index in [2.05, 4.69) is 9.97 Å². The monoisotopic (exact) mass is 243 g/mol. The van der Waals surface area contributed by atoms with E-state index in [9.17, 15) is 0 Å². The molecule has 3 heteroatoms. The van der Waals surface area contributed by atoms with Crippen LogP contribution in [0, 0.1) is 24.7 Å². The molecule has 0 unspecified atom stereocenters. The van der Waals surface area contributed by atoms with Crippen molar-refractivity contribution in [2.75, 3.05) is 5.73 Å². The molecule has 4 aliphatic carbocycles. The summed E-state index contributed by atoms with van der Waals surface area (Å²) < 4.78 is 0. The lowest BCUT2D eigenvalue weighted by molar-refractivity contribution is -0.00690. The highest BCUT2D eigenvalue weighted by molar-refractivity contribution is 5.50. The summed E-state index contributed by atoms with van der Waals surface area (Å²) in [4.78, 5) is 8.82. The van der Waals surface area contributed by atoms with Crippen LogP contribution in [0.25, 0.3) is 0 Å². The minimum Gasteiger partial charge on any atom is -0.396 e. The van der Waals surface area contributed by atoms with E-state index in [4.69, 9.17) is 5.73 Å². The zero-order valence-electron chi connectivity index (χ0n) is 11.0. The molecule has 0 spiro atoms. The lowest BCUT2D eigenvalue weighted by Gasteiger charge is -2.56. The molecule has 4 bridgehead atoms. The van der Waals surface area contributed by atoms with E-state index in [1.807, 2.05) is 6.92 Å². The number of aromatic nitrogens is 2. The number of hydrogen-bond acceptors (Lipinski definition) is 3. The number of hydrogen-bond donors (Lipinski definition) is 1.